The SMILES string of the molecule is CC1CCC(c2ccccc2)S(=O)(=O)N1Cc1ccc(N2CC[C@H](n3cnnc3)[C@H](CO)C2)cc1F. The van der Waals surface area contributed by atoms with Gasteiger partial charge in [0.15, 0.2) is 0 Å². The molecule has 2 aliphatic rings. The van der Waals surface area contributed by atoms with Gasteiger partial charge in [-0.3, -0.25) is 0 Å². The normalized spacial score (nSPS) is 26.7. The lowest BCUT2D eigenvalue weighted by Gasteiger charge is -2.39. The maximum absolute atomic E-state index is 15.3. The van der Waals surface area contributed by atoms with Gasteiger partial charge in [-0.05, 0) is 43.9 Å². The van der Waals surface area contributed by atoms with E-state index in [1.807, 2.05) is 47.9 Å². The Hall–Kier alpha value is -2.82. The first-order valence-corrected chi connectivity index (χ1v) is 13.9. The summed E-state index contributed by atoms with van der Waals surface area (Å²) in [7, 11) is -3.63. The lowest BCUT2D eigenvalue weighted by Crippen LogP contribution is -2.45. The number of nitrogens with zero attached hydrogens (tertiary/aromatic N) is 5. The van der Waals surface area contributed by atoms with Crippen molar-refractivity contribution in [2.24, 2.45) is 5.92 Å². The molecule has 0 aliphatic carbocycles. The molecule has 4 atom stereocenters. The summed E-state index contributed by atoms with van der Waals surface area (Å²) in [5.74, 6) is -0.454. The number of piperidine rings is 1. The molecule has 2 aliphatic heterocycles. The maximum atomic E-state index is 15.3. The average molecular weight is 514 g/mol. The molecular weight excluding hydrogens is 481 g/mol. The molecule has 3 heterocycles. The molecule has 5 rings (SSSR count). The summed E-state index contributed by atoms with van der Waals surface area (Å²) in [6.07, 6.45) is 5.38. The van der Waals surface area contributed by atoms with E-state index in [4.69, 9.17) is 0 Å². The molecule has 2 unspecified atom stereocenters. The molecule has 0 radical (unpaired) electrons. The van der Waals surface area contributed by atoms with Gasteiger partial charge in [-0.2, -0.15) is 4.31 Å². The van der Waals surface area contributed by atoms with Crippen molar-refractivity contribution in [3.8, 4) is 0 Å². The zero-order valence-corrected chi connectivity index (χ0v) is 21.1. The fourth-order valence-electron chi connectivity index (χ4n) is 5.59. The number of halogens is 1. The Balaban J connectivity index is 1.32. The first kappa shape index (κ1) is 24.9. The van der Waals surface area contributed by atoms with Crippen LogP contribution in [0.3, 0.4) is 0 Å². The Morgan fingerprint density at radius 2 is 1.81 bits per heavy atom. The van der Waals surface area contributed by atoms with Crippen LogP contribution in [0.5, 0.6) is 0 Å². The van der Waals surface area contributed by atoms with E-state index < -0.39 is 21.1 Å². The van der Waals surface area contributed by atoms with E-state index in [1.54, 1.807) is 18.7 Å². The third-order valence-electron chi connectivity index (χ3n) is 7.67. The molecule has 0 bridgehead atoms. The predicted molar refractivity (Wildman–Crippen MR) is 135 cm³/mol. The van der Waals surface area contributed by atoms with Crippen LogP contribution < -0.4 is 4.90 Å². The molecular formula is C26H32FN5O3S. The van der Waals surface area contributed by atoms with Crippen LogP contribution in [0, 0.1) is 11.7 Å². The van der Waals surface area contributed by atoms with Crippen LogP contribution in [0.15, 0.2) is 61.2 Å². The van der Waals surface area contributed by atoms with E-state index >= 15 is 4.39 Å². The minimum absolute atomic E-state index is 0.00714. The van der Waals surface area contributed by atoms with E-state index in [-0.39, 0.29) is 31.2 Å². The van der Waals surface area contributed by atoms with Gasteiger partial charge in [-0.25, -0.2) is 12.8 Å². The number of hydrogen-bond donors (Lipinski definition) is 1. The van der Waals surface area contributed by atoms with Gasteiger partial charge in [0.05, 0.1) is 0 Å². The number of hydrogen-bond acceptors (Lipinski definition) is 6. The highest BCUT2D eigenvalue weighted by molar-refractivity contribution is 7.89. The molecule has 10 heteroatoms. The highest BCUT2D eigenvalue weighted by Gasteiger charge is 2.40. The minimum atomic E-state index is -3.63. The number of benzene rings is 2. The number of anilines is 1. The second kappa shape index (κ2) is 10.3. The second-order valence-electron chi connectivity index (χ2n) is 9.85. The molecule has 0 saturated carbocycles. The number of aromatic nitrogens is 3. The van der Waals surface area contributed by atoms with Crippen LogP contribution in [0.25, 0.3) is 0 Å². The fourth-order valence-corrected chi connectivity index (χ4v) is 7.78. The Kier molecular flexibility index (Phi) is 7.09. The molecule has 192 valence electrons. The molecule has 1 N–H and O–H groups in total. The molecule has 2 saturated heterocycles. The third-order valence-corrected chi connectivity index (χ3v) is 10.0. The van der Waals surface area contributed by atoms with Gasteiger partial charge in [-0.1, -0.05) is 36.4 Å². The molecule has 3 aromatic rings. The molecule has 1 aromatic heterocycles. The summed E-state index contributed by atoms with van der Waals surface area (Å²) < 4.78 is 45.7. The van der Waals surface area contributed by atoms with E-state index in [0.29, 0.717) is 25.1 Å². The van der Waals surface area contributed by atoms with Gasteiger partial charge in [0.25, 0.3) is 0 Å². The maximum Gasteiger partial charge on any atom is 0.221 e. The van der Waals surface area contributed by atoms with Crippen molar-refractivity contribution in [2.45, 2.75) is 50.1 Å². The van der Waals surface area contributed by atoms with Crippen molar-refractivity contribution < 1.29 is 17.9 Å². The first-order valence-electron chi connectivity index (χ1n) is 12.4. The fraction of sp³-hybridized carbons (Fsp3) is 0.462. The van der Waals surface area contributed by atoms with Crippen LogP contribution in [-0.2, 0) is 16.6 Å². The van der Waals surface area contributed by atoms with Crippen LogP contribution in [0.4, 0.5) is 10.1 Å². The summed E-state index contributed by atoms with van der Waals surface area (Å²) in [5, 5.41) is 17.1. The largest absolute Gasteiger partial charge is 0.396 e. The Labute approximate surface area is 211 Å². The lowest BCUT2D eigenvalue weighted by atomic mass is 9.92. The van der Waals surface area contributed by atoms with Gasteiger partial charge in [0.2, 0.25) is 10.0 Å². The summed E-state index contributed by atoms with van der Waals surface area (Å²) in [4.78, 5) is 2.07. The van der Waals surface area contributed by atoms with E-state index in [1.165, 1.54) is 10.4 Å². The van der Waals surface area contributed by atoms with Crippen molar-refractivity contribution in [1.82, 2.24) is 19.1 Å². The topological polar surface area (TPSA) is 91.6 Å². The summed E-state index contributed by atoms with van der Waals surface area (Å²) in [5.41, 5.74) is 1.87. The predicted octanol–water partition coefficient (Wildman–Crippen LogP) is 3.53. The number of rotatable bonds is 6. The van der Waals surface area contributed by atoms with Crippen LogP contribution >= 0.6 is 0 Å². The van der Waals surface area contributed by atoms with Crippen molar-refractivity contribution in [2.75, 3.05) is 24.6 Å². The minimum Gasteiger partial charge on any atom is -0.396 e. The molecule has 8 nitrogen and oxygen atoms in total. The highest BCUT2D eigenvalue weighted by Crippen LogP contribution is 2.38. The number of sulfonamides is 1. The molecule has 2 fully saturated rings. The van der Waals surface area contributed by atoms with E-state index in [9.17, 15) is 13.5 Å². The molecule has 36 heavy (non-hydrogen) atoms. The van der Waals surface area contributed by atoms with Crippen molar-refractivity contribution in [3.05, 3.63) is 78.1 Å². The van der Waals surface area contributed by atoms with Gasteiger partial charge < -0.3 is 14.6 Å². The number of aliphatic hydroxyl groups is 1. The third kappa shape index (κ3) is 4.77. The smallest absolute Gasteiger partial charge is 0.221 e. The van der Waals surface area contributed by atoms with Crippen molar-refractivity contribution in [3.63, 3.8) is 0 Å². The van der Waals surface area contributed by atoms with Gasteiger partial charge in [0, 0.05) is 55.5 Å². The van der Waals surface area contributed by atoms with Gasteiger partial charge in [0.1, 0.15) is 23.7 Å². The molecule has 0 amide bonds. The second-order valence-corrected chi connectivity index (χ2v) is 11.9. The van der Waals surface area contributed by atoms with Crippen LogP contribution in [0.2, 0.25) is 0 Å². The summed E-state index contributed by atoms with van der Waals surface area (Å²) in [6, 6.07) is 14.2. The quantitative estimate of drug-likeness (QED) is 0.542. The average Bonchev–Trinajstić information content (AvgIpc) is 3.42. The Morgan fingerprint density at radius 3 is 2.50 bits per heavy atom. The zero-order chi connectivity index (χ0) is 25.3. The number of aliphatic hydroxyl groups excluding tert-OH is 1. The Morgan fingerprint density at radius 1 is 1.06 bits per heavy atom. The van der Waals surface area contributed by atoms with Crippen molar-refractivity contribution in [1.29, 1.82) is 0 Å². The molecule has 2 aromatic carbocycles. The molecule has 0 spiro atoms. The van der Waals surface area contributed by atoms with Crippen LogP contribution in [-0.4, -0.2) is 58.3 Å². The van der Waals surface area contributed by atoms with Gasteiger partial charge in [-0.15, -0.1) is 10.2 Å². The first-order chi connectivity index (χ1) is 17.4. The lowest BCUT2D eigenvalue weighted by molar-refractivity contribution is 0.160. The standard InChI is InChI=1S/C26H32FN5O3S/c1-19-7-10-26(20-5-3-2-4-6-20)36(34,35)32(19)15-21-8-9-23(13-24(21)27)30-12-11-25(22(14-30)16-33)31-17-28-29-18-31/h2-6,8-9,13,17-19,22,25-26,33H,7,10-12,14-16H2,1H3/t19?,22-,25-,26?/m0/s1. The van der Waals surface area contributed by atoms with Crippen molar-refractivity contribution >= 4 is 15.7 Å². The van der Waals surface area contributed by atoms with Crippen LogP contribution in [0.1, 0.15) is 48.6 Å². The Bertz CT molecular complexity index is 1270. The van der Waals surface area contributed by atoms with E-state index in [2.05, 4.69) is 15.1 Å². The van der Waals surface area contributed by atoms with E-state index in [0.717, 1.165) is 24.1 Å². The monoisotopic (exact) mass is 513 g/mol. The zero-order valence-electron chi connectivity index (χ0n) is 20.3. The van der Waals surface area contributed by atoms with Gasteiger partial charge >= 0.3 is 0 Å². The highest BCUT2D eigenvalue weighted by atomic mass is 32.2. The summed E-state index contributed by atoms with van der Waals surface area (Å²) in [6.45, 7) is 3.18. The summed E-state index contributed by atoms with van der Waals surface area (Å²) >= 11 is 0.